The maximum atomic E-state index is 13.2. The largest absolute Gasteiger partial charge is 0.274 e. The first kappa shape index (κ1) is 17.8. The summed E-state index contributed by atoms with van der Waals surface area (Å²) in [5.74, 6) is 0. The van der Waals surface area contributed by atoms with Gasteiger partial charge in [0, 0.05) is 17.3 Å². The molecule has 6 aromatic rings. The maximum absolute atomic E-state index is 13.2. The Balaban J connectivity index is 1.59. The van der Waals surface area contributed by atoms with E-state index in [0.29, 0.717) is 9.49 Å². The first-order chi connectivity index (χ1) is 15.3. The zero-order valence-corrected chi connectivity index (χ0v) is 17.2. The average molecular weight is 420 g/mol. The average Bonchev–Trinajstić information content (AvgIpc) is 3.48. The lowest BCUT2D eigenvalue weighted by molar-refractivity contribution is 0.884. The van der Waals surface area contributed by atoms with E-state index in [1.54, 1.807) is 4.40 Å². The maximum Gasteiger partial charge on any atom is 0.274 e. The molecule has 0 amide bonds. The van der Waals surface area contributed by atoms with E-state index in [1.807, 2.05) is 102 Å². The van der Waals surface area contributed by atoms with Crippen LogP contribution in [0.2, 0.25) is 0 Å². The Bertz CT molecular complexity index is 1650. The topological polar surface area (TPSA) is 52.2 Å². The van der Waals surface area contributed by atoms with Gasteiger partial charge in [-0.3, -0.25) is 4.79 Å². The molecular weight excluding hydrogens is 404 g/mol. The van der Waals surface area contributed by atoms with Crippen molar-refractivity contribution < 1.29 is 0 Å². The van der Waals surface area contributed by atoms with E-state index >= 15 is 0 Å². The summed E-state index contributed by atoms with van der Waals surface area (Å²) in [5.41, 5.74) is 5.30. The van der Waals surface area contributed by atoms with Crippen molar-refractivity contribution >= 4 is 33.4 Å². The van der Waals surface area contributed by atoms with Crippen molar-refractivity contribution in [1.29, 1.82) is 0 Å². The summed E-state index contributed by atoms with van der Waals surface area (Å²) in [5, 5.41) is 4.83. The van der Waals surface area contributed by atoms with Crippen LogP contribution in [0.15, 0.2) is 95.9 Å². The Morgan fingerprint density at radius 3 is 2.35 bits per heavy atom. The number of hydrogen-bond acceptors (Lipinski definition) is 4. The Kier molecular flexibility index (Phi) is 4.04. The van der Waals surface area contributed by atoms with Crippen LogP contribution >= 0.6 is 11.3 Å². The number of aromatic nitrogens is 4. The molecule has 31 heavy (non-hydrogen) atoms. The van der Waals surface area contributed by atoms with E-state index in [-0.39, 0.29) is 5.56 Å². The summed E-state index contributed by atoms with van der Waals surface area (Å²) in [4.78, 5) is 18.5. The lowest BCUT2D eigenvalue weighted by atomic mass is 10.1. The van der Waals surface area contributed by atoms with Gasteiger partial charge in [-0.2, -0.15) is 5.10 Å². The van der Waals surface area contributed by atoms with Crippen molar-refractivity contribution in [1.82, 2.24) is 19.2 Å². The summed E-state index contributed by atoms with van der Waals surface area (Å²) >= 11 is 1.40. The number of fused-ring (bicyclic) bond motifs is 3. The number of nitrogens with zero attached hydrogens (tertiary/aromatic N) is 4. The third-order valence-corrected chi connectivity index (χ3v) is 6.21. The van der Waals surface area contributed by atoms with Crippen molar-refractivity contribution in [2.24, 2.45) is 0 Å². The van der Waals surface area contributed by atoms with Gasteiger partial charge in [-0.05, 0) is 30.3 Å². The van der Waals surface area contributed by atoms with E-state index in [4.69, 9.17) is 5.10 Å². The van der Waals surface area contributed by atoms with Crippen LogP contribution < -0.4 is 10.1 Å². The number of imidazole rings is 1. The first-order valence-corrected chi connectivity index (χ1v) is 10.7. The highest BCUT2D eigenvalue weighted by Crippen LogP contribution is 2.24. The molecule has 0 atom stereocenters. The Morgan fingerprint density at radius 2 is 1.55 bits per heavy atom. The first-order valence-electron chi connectivity index (χ1n) is 9.90. The lowest BCUT2D eigenvalue weighted by Gasteiger charge is -2.00. The highest BCUT2D eigenvalue weighted by molar-refractivity contribution is 7.15. The normalized spacial score (nSPS) is 12.2. The smallest absolute Gasteiger partial charge is 0.267 e. The van der Waals surface area contributed by atoms with E-state index in [1.165, 1.54) is 11.3 Å². The quantitative estimate of drug-likeness (QED) is 0.429. The fourth-order valence-corrected chi connectivity index (χ4v) is 4.76. The van der Waals surface area contributed by atoms with Gasteiger partial charge in [-0.15, -0.1) is 0 Å². The zero-order chi connectivity index (χ0) is 20.8. The minimum Gasteiger partial charge on any atom is -0.267 e. The van der Waals surface area contributed by atoms with Crippen LogP contribution in [-0.4, -0.2) is 19.2 Å². The fourth-order valence-electron chi connectivity index (χ4n) is 3.78. The van der Waals surface area contributed by atoms with Gasteiger partial charge < -0.3 is 0 Å². The molecule has 0 saturated heterocycles. The second kappa shape index (κ2) is 7.04. The predicted octanol–water partition coefficient (Wildman–Crippen LogP) is 4.31. The number of benzene rings is 3. The molecule has 0 radical (unpaired) electrons. The molecule has 0 spiro atoms. The van der Waals surface area contributed by atoms with E-state index < -0.39 is 0 Å². The van der Waals surface area contributed by atoms with Crippen molar-refractivity contribution in [3.05, 3.63) is 112 Å². The molecule has 0 bridgehead atoms. The Labute approximate surface area is 181 Å². The summed E-state index contributed by atoms with van der Waals surface area (Å²) in [6.45, 7) is 0. The third-order valence-electron chi connectivity index (χ3n) is 5.24. The fraction of sp³-hybridized carbons (Fsp3) is 0. The minimum atomic E-state index is -0.0554. The molecule has 5 nitrogen and oxygen atoms in total. The van der Waals surface area contributed by atoms with Crippen LogP contribution in [0.25, 0.3) is 39.0 Å². The molecule has 0 unspecified atom stereocenters. The van der Waals surface area contributed by atoms with Crippen LogP contribution in [0.5, 0.6) is 0 Å². The summed E-state index contributed by atoms with van der Waals surface area (Å²) < 4.78 is 4.18. The van der Waals surface area contributed by atoms with Crippen molar-refractivity contribution in [3.8, 4) is 16.9 Å². The van der Waals surface area contributed by atoms with Crippen molar-refractivity contribution in [2.75, 3.05) is 0 Å². The molecule has 148 valence electrons. The van der Waals surface area contributed by atoms with Gasteiger partial charge in [0.05, 0.1) is 26.9 Å². The SMILES string of the molecule is O=c1/c(=C\c2cn(-c3ccccc3)nc2-c2ccccc2)sc2nc3ccccc3n12. The van der Waals surface area contributed by atoms with Crippen LogP contribution in [0.4, 0.5) is 0 Å². The monoisotopic (exact) mass is 420 g/mol. The molecule has 0 fully saturated rings. The molecule has 0 aliphatic carbocycles. The highest BCUT2D eigenvalue weighted by atomic mass is 32.1. The summed E-state index contributed by atoms with van der Waals surface area (Å²) in [6, 6.07) is 27.7. The number of rotatable bonds is 3. The summed E-state index contributed by atoms with van der Waals surface area (Å²) in [7, 11) is 0. The molecule has 0 saturated carbocycles. The van der Waals surface area contributed by atoms with Gasteiger partial charge in [-0.1, -0.05) is 72.0 Å². The number of hydrogen-bond donors (Lipinski definition) is 0. The van der Waals surface area contributed by atoms with Crippen molar-refractivity contribution in [2.45, 2.75) is 0 Å². The Morgan fingerprint density at radius 1 is 0.839 bits per heavy atom. The van der Waals surface area contributed by atoms with E-state index in [9.17, 15) is 4.79 Å². The van der Waals surface area contributed by atoms with Gasteiger partial charge in [0.1, 0.15) is 0 Å². The van der Waals surface area contributed by atoms with Crippen LogP contribution in [0, 0.1) is 0 Å². The third kappa shape index (κ3) is 2.96. The van der Waals surface area contributed by atoms with Gasteiger partial charge in [0.25, 0.3) is 5.56 Å². The second-order valence-corrected chi connectivity index (χ2v) is 8.22. The molecule has 6 rings (SSSR count). The second-order valence-electron chi connectivity index (χ2n) is 7.21. The molecule has 3 heterocycles. The molecule has 0 aliphatic rings. The summed E-state index contributed by atoms with van der Waals surface area (Å²) in [6.07, 6.45) is 3.89. The molecule has 6 heteroatoms. The van der Waals surface area contributed by atoms with Gasteiger partial charge >= 0.3 is 0 Å². The number of para-hydroxylation sites is 3. The van der Waals surface area contributed by atoms with Crippen LogP contribution in [0.1, 0.15) is 5.56 Å². The molecule has 0 N–H and O–H groups in total. The highest BCUT2D eigenvalue weighted by Gasteiger charge is 2.14. The van der Waals surface area contributed by atoms with Crippen LogP contribution in [0.3, 0.4) is 0 Å². The van der Waals surface area contributed by atoms with E-state index in [0.717, 1.165) is 33.5 Å². The van der Waals surface area contributed by atoms with Crippen LogP contribution in [-0.2, 0) is 0 Å². The lowest BCUT2D eigenvalue weighted by Crippen LogP contribution is -2.22. The zero-order valence-electron chi connectivity index (χ0n) is 16.3. The predicted molar refractivity (Wildman–Crippen MR) is 125 cm³/mol. The minimum absolute atomic E-state index is 0.0554. The Hall–Kier alpha value is -4.03. The van der Waals surface area contributed by atoms with Gasteiger partial charge in [-0.25, -0.2) is 14.1 Å². The molecule has 0 aliphatic heterocycles. The molecule has 3 aromatic heterocycles. The molecule has 3 aromatic carbocycles. The van der Waals surface area contributed by atoms with Gasteiger partial charge in [0.2, 0.25) is 0 Å². The number of thiazole rings is 1. The van der Waals surface area contributed by atoms with Crippen molar-refractivity contribution in [3.63, 3.8) is 0 Å². The van der Waals surface area contributed by atoms with Gasteiger partial charge in [0.15, 0.2) is 4.96 Å². The van der Waals surface area contributed by atoms with E-state index in [2.05, 4.69) is 4.98 Å². The molecular formula is C25H16N4OS. The standard InChI is InChI=1S/C25H16N4OS/c30-24-22(31-25-26-20-13-7-8-14-21(20)29(24)25)15-18-16-28(19-11-5-2-6-12-19)27-23(18)17-9-3-1-4-10-17/h1-16H/b22-15+.